The van der Waals surface area contributed by atoms with Crippen molar-refractivity contribution in [2.45, 2.75) is 32.0 Å². The lowest BCUT2D eigenvalue weighted by Crippen LogP contribution is -2.49. The number of piperazine rings is 1. The first-order chi connectivity index (χ1) is 15.1. The van der Waals surface area contributed by atoms with Crippen molar-refractivity contribution in [3.8, 4) is 5.75 Å². The summed E-state index contributed by atoms with van der Waals surface area (Å²) < 4.78 is 28.6. The molecule has 1 unspecified atom stereocenters. The number of ether oxygens (including phenoxy) is 1. The van der Waals surface area contributed by atoms with Crippen LogP contribution in [0.3, 0.4) is 0 Å². The largest absolute Gasteiger partial charge is 0.435 e. The third kappa shape index (κ3) is 5.86. The summed E-state index contributed by atoms with van der Waals surface area (Å²) in [5, 5.41) is 3.93. The zero-order chi connectivity index (χ0) is 21.6. The lowest BCUT2D eigenvalue weighted by molar-refractivity contribution is -0.0498. The highest BCUT2D eigenvalue weighted by atomic mass is 19.3. The standard InChI is InChI=1S/C23H26F2N4O2/c24-23(25)31-21-9-5-17(6-10-21)14-26-27-22(30)19-7-3-18(4-8-19)15-28-12-13-29-11-1-2-20(29)16-28/h3-10,14,20,23H,1-2,11-13,15-16H2,(H,27,30)/b26-14-. The van der Waals surface area contributed by atoms with Crippen molar-refractivity contribution in [3.63, 3.8) is 0 Å². The highest BCUT2D eigenvalue weighted by molar-refractivity contribution is 5.94. The molecule has 6 nitrogen and oxygen atoms in total. The number of hydrogen-bond acceptors (Lipinski definition) is 5. The van der Waals surface area contributed by atoms with E-state index in [1.807, 2.05) is 24.3 Å². The Morgan fingerprint density at radius 1 is 1.13 bits per heavy atom. The van der Waals surface area contributed by atoms with Gasteiger partial charge in [0.1, 0.15) is 5.75 Å². The fourth-order valence-electron chi connectivity index (χ4n) is 4.18. The maximum Gasteiger partial charge on any atom is 0.387 e. The Morgan fingerprint density at radius 2 is 1.90 bits per heavy atom. The highest BCUT2D eigenvalue weighted by Crippen LogP contribution is 2.22. The van der Waals surface area contributed by atoms with Crippen molar-refractivity contribution < 1.29 is 18.3 Å². The Hall–Kier alpha value is -2.84. The molecular formula is C23H26F2N4O2. The molecule has 0 bridgehead atoms. The second kappa shape index (κ2) is 9.98. The van der Waals surface area contributed by atoms with E-state index in [4.69, 9.17) is 0 Å². The summed E-state index contributed by atoms with van der Waals surface area (Å²) >= 11 is 0. The first-order valence-electron chi connectivity index (χ1n) is 10.5. The molecule has 8 heteroatoms. The molecule has 31 heavy (non-hydrogen) atoms. The Balaban J connectivity index is 1.25. The normalized spacial score (nSPS) is 19.6. The van der Waals surface area contributed by atoms with E-state index in [1.165, 1.54) is 43.3 Å². The van der Waals surface area contributed by atoms with Gasteiger partial charge in [-0.05, 0) is 66.9 Å². The van der Waals surface area contributed by atoms with Crippen LogP contribution in [-0.2, 0) is 6.54 Å². The number of hydrazone groups is 1. The number of alkyl halides is 2. The fourth-order valence-corrected chi connectivity index (χ4v) is 4.18. The average molecular weight is 428 g/mol. The van der Waals surface area contributed by atoms with E-state index in [1.54, 1.807) is 12.1 Å². The number of rotatable bonds is 7. The fraction of sp³-hybridized carbons (Fsp3) is 0.391. The Kier molecular flexibility index (Phi) is 6.89. The van der Waals surface area contributed by atoms with Crippen LogP contribution in [0.15, 0.2) is 53.6 Å². The minimum atomic E-state index is -2.86. The smallest absolute Gasteiger partial charge is 0.387 e. The van der Waals surface area contributed by atoms with Crippen LogP contribution in [0.2, 0.25) is 0 Å². The van der Waals surface area contributed by atoms with Gasteiger partial charge in [0, 0.05) is 37.8 Å². The molecular weight excluding hydrogens is 402 g/mol. The second-order valence-corrected chi connectivity index (χ2v) is 7.91. The molecule has 2 aromatic carbocycles. The van der Waals surface area contributed by atoms with Gasteiger partial charge in [-0.1, -0.05) is 12.1 Å². The first-order valence-corrected chi connectivity index (χ1v) is 10.5. The van der Waals surface area contributed by atoms with Crippen molar-refractivity contribution >= 4 is 12.1 Å². The van der Waals surface area contributed by atoms with Gasteiger partial charge in [-0.15, -0.1) is 0 Å². The molecule has 2 aliphatic heterocycles. The molecule has 0 saturated carbocycles. The molecule has 2 fully saturated rings. The maximum absolute atomic E-state index is 12.3. The van der Waals surface area contributed by atoms with Crippen LogP contribution < -0.4 is 10.2 Å². The van der Waals surface area contributed by atoms with Crippen LogP contribution in [0.25, 0.3) is 0 Å². The zero-order valence-electron chi connectivity index (χ0n) is 17.2. The molecule has 1 atom stereocenters. The Morgan fingerprint density at radius 3 is 2.65 bits per heavy atom. The number of carbonyl (C=O) groups excluding carboxylic acids is 1. The molecule has 2 aliphatic rings. The van der Waals surface area contributed by atoms with Crippen molar-refractivity contribution in [3.05, 3.63) is 65.2 Å². The van der Waals surface area contributed by atoms with E-state index in [0.29, 0.717) is 17.2 Å². The average Bonchev–Trinajstić information content (AvgIpc) is 3.23. The van der Waals surface area contributed by atoms with Crippen LogP contribution in [0.4, 0.5) is 8.78 Å². The number of nitrogens with zero attached hydrogens (tertiary/aromatic N) is 3. The van der Waals surface area contributed by atoms with Gasteiger partial charge in [0.05, 0.1) is 6.21 Å². The van der Waals surface area contributed by atoms with E-state index in [9.17, 15) is 13.6 Å². The van der Waals surface area contributed by atoms with E-state index in [0.717, 1.165) is 26.2 Å². The SMILES string of the molecule is O=C(N/N=C\c1ccc(OC(F)F)cc1)c1ccc(CN2CCN3CCCC3C2)cc1. The van der Waals surface area contributed by atoms with Crippen LogP contribution >= 0.6 is 0 Å². The summed E-state index contributed by atoms with van der Waals surface area (Å²) in [6, 6.07) is 14.3. The Labute approximate surface area is 180 Å². The molecule has 2 aromatic rings. The van der Waals surface area contributed by atoms with Crippen LogP contribution in [0, 0.1) is 0 Å². The van der Waals surface area contributed by atoms with Gasteiger partial charge >= 0.3 is 6.61 Å². The number of nitrogens with one attached hydrogen (secondary N) is 1. The zero-order valence-corrected chi connectivity index (χ0v) is 17.2. The van der Waals surface area contributed by atoms with Gasteiger partial charge in [0.25, 0.3) is 5.91 Å². The van der Waals surface area contributed by atoms with E-state index in [2.05, 4.69) is 25.1 Å². The molecule has 4 rings (SSSR count). The molecule has 2 saturated heterocycles. The number of benzene rings is 2. The van der Waals surface area contributed by atoms with Crippen LogP contribution in [0.1, 0.15) is 34.3 Å². The highest BCUT2D eigenvalue weighted by Gasteiger charge is 2.30. The number of halogens is 2. The molecule has 1 N–H and O–H groups in total. The summed E-state index contributed by atoms with van der Waals surface area (Å²) in [6.07, 6.45) is 4.05. The first kappa shape index (κ1) is 21.4. The number of carbonyl (C=O) groups is 1. The van der Waals surface area contributed by atoms with Crippen molar-refractivity contribution in [1.29, 1.82) is 0 Å². The maximum atomic E-state index is 12.3. The number of fused-ring (bicyclic) bond motifs is 1. The van der Waals surface area contributed by atoms with Crippen molar-refractivity contribution in [1.82, 2.24) is 15.2 Å². The van der Waals surface area contributed by atoms with Gasteiger partial charge < -0.3 is 4.74 Å². The monoisotopic (exact) mass is 428 g/mol. The minimum Gasteiger partial charge on any atom is -0.435 e. The summed E-state index contributed by atoms with van der Waals surface area (Å²) in [5.74, 6) is -0.235. The minimum absolute atomic E-state index is 0.0707. The predicted molar refractivity (Wildman–Crippen MR) is 114 cm³/mol. The van der Waals surface area contributed by atoms with Crippen LogP contribution in [0.5, 0.6) is 5.75 Å². The van der Waals surface area contributed by atoms with Gasteiger partial charge in [0.2, 0.25) is 0 Å². The van der Waals surface area contributed by atoms with Gasteiger partial charge in [-0.25, -0.2) is 5.43 Å². The molecule has 0 spiro atoms. The third-order valence-corrected chi connectivity index (χ3v) is 5.78. The van der Waals surface area contributed by atoms with Gasteiger partial charge in [-0.3, -0.25) is 14.6 Å². The van der Waals surface area contributed by atoms with Crippen molar-refractivity contribution in [2.75, 3.05) is 26.2 Å². The predicted octanol–water partition coefficient (Wildman–Crippen LogP) is 3.33. The summed E-state index contributed by atoms with van der Waals surface area (Å²) in [6.45, 7) is 2.63. The molecule has 164 valence electrons. The summed E-state index contributed by atoms with van der Waals surface area (Å²) in [5.41, 5.74) is 4.86. The van der Waals surface area contributed by atoms with Crippen molar-refractivity contribution in [2.24, 2.45) is 5.10 Å². The van der Waals surface area contributed by atoms with E-state index < -0.39 is 6.61 Å². The topological polar surface area (TPSA) is 57.2 Å². The van der Waals surface area contributed by atoms with Gasteiger partial charge in [-0.2, -0.15) is 13.9 Å². The molecule has 2 heterocycles. The molecule has 0 aliphatic carbocycles. The second-order valence-electron chi connectivity index (χ2n) is 7.91. The molecule has 1 amide bonds. The summed E-state index contributed by atoms with van der Waals surface area (Å²) in [7, 11) is 0. The number of hydrogen-bond donors (Lipinski definition) is 1. The quantitative estimate of drug-likeness (QED) is 0.543. The molecule has 0 aromatic heterocycles. The Bertz CT molecular complexity index is 903. The summed E-state index contributed by atoms with van der Waals surface area (Å²) in [4.78, 5) is 17.4. The van der Waals surface area contributed by atoms with E-state index >= 15 is 0 Å². The third-order valence-electron chi connectivity index (χ3n) is 5.78. The molecule has 0 radical (unpaired) electrons. The number of amides is 1. The lowest BCUT2D eigenvalue weighted by atomic mass is 10.1. The van der Waals surface area contributed by atoms with Crippen LogP contribution in [-0.4, -0.2) is 60.8 Å². The van der Waals surface area contributed by atoms with Gasteiger partial charge in [0.15, 0.2) is 0 Å². The lowest BCUT2D eigenvalue weighted by Gasteiger charge is -2.37. The van der Waals surface area contributed by atoms with E-state index in [-0.39, 0.29) is 11.7 Å².